The zero-order chi connectivity index (χ0) is 10.4. The average Bonchev–Trinajstić information content (AvgIpc) is 2.10. The van der Waals surface area contributed by atoms with Crippen molar-refractivity contribution in [3.8, 4) is 0 Å². The van der Waals surface area contributed by atoms with Crippen LogP contribution >= 0.6 is 0 Å². The van der Waals surface area contributed by atoms with Crippen LogP contribution in [0.4, 0.5) is 0 Å². The normalized spacial score (nSPS) is 19.0. The van der Waals surface area contributed by atoms with Crippen LogP contribution in [-0.4, -0.2) is 11.3 Å². The standard InChI is InChI=1S/C12H23NO/c1-2-3-4-5-7-11(14)10-12(13)8-6-9-12/h2-10,13H2,1H3. The van der Waals surface area contributed by atoms with Crippen molar-refractivity contribution in [2.75, 3.05) is 0 Å². The third-order valence-electron chi connectivity index (χ3n) is 3.21. The Hall–Kier alpha value is -0.370. The molecule has 1 aliphatic rings. The van der Waals surface area contributed by atoms with Gasteiger partial charge in [-0.05, 0) is 25.7 Å². The van der Waals surface area contributed by atoms with Crippen LogP contribution in [0.3, 0.4) is 0 Å². The Kier molecular flexibility index (Phi) is 4.59. The third kappa shape index (κ3) is 3.79. The quantitative estimate of drug-likeness (QED) is 0.638. The average molecular weight is 197 g/mol. The molecule has 2 nitrogen and oxygen atoms in total. The summed E-state index contributed by atoms with van der Waals surface area (Å²) in [4.78, 5) is 11.5. The maximum Gasteiger partial charge on any atom is 0.134 e. The second kappa shape index (κ2) is 5.50. The second-order valence-corrected chi connectivity index (χ2v) is 4.74. The lowest BCUT2D eigenvalue weighted by molar-refractivity contribution is -0.121. The smallest absolute Gasteiger partial charge is 0.134 e. The molecule has 1 saturated carbocycles. The molecule has 0 radical (unpaired) electrons. The fourth-order valence-corrected chi connectivity index (χ4v) is 2.04. The van der Waals surface area contributed by atoms with Crippen molar-refractivity contribution in [2.24, 2.45) is 5.73 Å². The van der Waals surface area contributed by atoms with Gasteiger partial charge in [0.25, 0.3) is 0 Å². The van der Waals surface area contributed by atoms with Gasteiger partial charge in [0.05, 0.1) is 0 Å². The number of rotatable bonds is 7. The Morgan fingerprint density at radius 1 is 1.29 bits per heavy atom. The predicted octanol–water partition coefficient (Wildman–Crippen LogP) is 2.80. The molecular weight excluding hydrogens is 174 g/mol. The number of unbranched alkanes of at least 4 members (excludes halogenated alkanes) is 3. The topological polar surface area (TPSA) is 43.1 Å². The van der Waals surface area contributed by atoms with Gasteiger partial charge < -0.3 is 5.73 Å². The molecule has 0 aliphatic heterocycles. The molecule has 0 aromatic carbocycles. The number of Topliss-reactive ketones (excluding diaryl/α,β-unsaturated/α-hetero) is 1. The summed E-state index contributed by atoms with van der Waals surface area (Å²) in [6, 6.07) is 0. The lowest BCUT2D eigenvalue weighted by Crippen LogP contribution is -2.48. The second-order valence-electron chi connectivity index (χ2n) is 4.74. The van der Waals surface area contributed by atoms with E-state index in [1.807, 2.05) is 0 Å². The molecule has 0 saturated heterocycles. The summed E-state index contributed by atoms with van der Waals surface area (Å²) in [5.41, 5.74) is 5.90. The van der Waals surface area contributed by atoms with Crippen molar-refractivity contribution in [1.29, 1.82) is 0 Å². The number of nitrogens with two attached hydrogens (primary N) is 1. The molecule has 2 heteroatoms. The Morgan fingerprint density at radius 2 is 2.00 bits per heavy atom. The molecule has 0 unspecified atom stereocenters. The summed E-state index contributed by atoms with van der Waals surface area (Å²) in [6.45, 7) is 2.19. The van der Waals surface area contributed by atoms with Gasteiger partial charge >= 0.3 is 0 Å². The number of carbonyl (C=O) groups excluding carboxylic acids is 1. The summed E-state index contributed by atoms with van der Waals surface area (Å²) in [5, 5.41) is 0. The molecule has 0 bridgehead atoms. The zero-order valence-electron chi connectivity index (χ0n) is 9.35. The van der Waals surface area contributed by atoms with Crippen molar-refractivity contribution in [1.82, 2.24) is 0 Å². The van der Waals surface area contributed by atoms with Gasteiger partial charge in [0.2, 0.25) is 0 Å². The van der Waals surface area contributed by atoms with E-state index in [0.717, 1.165) is 25.7 Å². The molecule has 0 heterocycles. The van der Waals surface area contributed by atoms with E-state index in [-0.39, 0.29) is 5.54 Å². The van der Waals surface area contributed by atoms with Crippen molar-refractivity contribution < 1.29 is 4.79 Å². The van der Waals surface area contributed by atoms with E-state index in [1.165, 1.54) is 25.7 Å². The van der Waals surface area contributed by atoms with Crippen LogP contribution in [0.25, 0.3) is 0 Å². The maximum atomic E-state index is 11.5. The minimum Gasteiger partial charge on any atom is -0.325 e. The first-order valence-corrected chi connectivity index (χ1v) is 5.97. The first-order valence-electron chi connectivity index (χ1n) is 5.97. The summed E-state index contributed by atoms with van der Waals surface area (Å²) in [6.07, 6.45) is 9.41. The fourth-order valence-electron chi connectivity index (χ4n) is 2.04. The Morgan fingerprint density at radius 3 is 2.50 bits per heavy atom. The van der Waals surface area contributed by atoms with Gasteiger partial charge in [0.15, 0.2) is 0 Å². The molecule has 1 aliphatic carbocycles. The number of hydrogen-bond donors (Lipinski definition) is 1. The molecule has 0 aromatic rings. The SMILES string of the molecule is CCCCCCC(=O)CC1(N)CCC1. The predicted molar refractivity (Wildman–Crippen MR) is 59.2 cm³/mol. The van der Waals surface area contributed by atoms with Crippen LogP contribution in [0.2, 0.25) is 0 Å². The van der Waals surface area contributed by atoms with E-state index in [2.05, 4.69) is 6.92 Å². The summed E-state index contributed by atoms with van der Waals surface area (Å²) >= 11 is 0. The molecular formula is C12H23NO. The van der Waals surface area contributed by atoms with Crippen molar-refractivity contribution in [2.45, 2.75) is 70.3 Å². The fraction of sp³-hybridized carbons (Fsp3) is 0.917. The monoisotopic (exact) mass is 197 g/mol. The molecule has 0 amide bonds. The Balaban J connectivity index is 2.04. The third-order valence-corrected chi connectivity index (χ3v) is 3.21. The van der Waals surface area contributed by atoms with E-state index in [1.54, 1.807) is 0 Å². The Labute approximate surface area is 87.2 Å². The van der Waals surface area contributed by atoms with Crippen LogP contribution < -0.4 is 5.73 Å². The van der Waals surface area contributed by atoms with Crippen molar-refractivity contribution in [3.05, 3.63) is 0 Å². The molecule has 82 valence electrons. The molecule has 1 rings (SSSR count). The molecule has 0 aromatic heterocycles. The summed E-state index contributed by atoms with van der Waals surface area (Å²) < 4.78 is 0. The molecule has 1 fully saturated rings. The van der Waals surface area contributed by atoms with E-state index in [9.17, 15) is 4.79 Å². The van der Waals surface area contributed by atoms with Gasteiger partial charge in [-0.3, -0.25) is 4.79 Å². The van der Waals surface area contributed by atoms with Crippen molar-refractivity contribution >= 4 is 5.78 Å². The highest BCUT2D eigenvalue weighted by Gasteiger charge is 2.34. The lowest BCUT2D eigenvalue weighted by atomic mass is 9.74. The molecule has 2 N–H and O–H groups in total. The summed E-state index contributed by atoms with van der Waals surface area (Å²) in [5.74, 6) is 0.378. The highest BCUT2D eigenvalue weighted by Crippen LogP contribution is 2.32. The van der Waals surface area contributed by atoms with Crippen LogP contribution in [-0.2, 0) is 4.79 Å². The van der Waals surface area contributed by atoms with E-state index in [4.69, 9.17) is 5.73 Å². The van der Waals surface area contributed by atoms with Gasteiger partial charge in [-0.2, -0.15) is 0 Å². The highest BCUT2D eigenvalue weighted by atomic mass is 16.1. The first-order chi connectivity index (χ1) is 6.66. The first kappa shape index (κ1) is 11.7. The van der Waals surface area contributed by atoms with Crippen LogP contribution in [0, 0.1) is 0 Å². The van der Waals surface area contributed by atoms with Crippen LogP contribution in [0.15, 0.2) is 0 Å². The number of hydrogen-bond acceptors (Lipinski definition) is 2. The molecule has 0 atom stereocenters. The highest BCUT2D eigenvalue weighted by molar-refractivity contribution is 5.79. The Bertz CT molecular complexity index is 185. The van der Waals surface area contributed by atoms with E-state index >= 15 is 0 Å². The van der Waals surface area contributed by atoms with Gasteiger partial charge in [-0.25, -0.2) is 0 Å². The van der Waals surface area contributed by atoms with E-state index < -0.39 is 0 Å². The number of carbonyl (C=O) groups is 1. The van der Waals surface area contributed by atoms with Crippen LogP contribution in [0.1, 0.15) is 64.7 Å². The lowest BCUT2D eigenvalue weighted by Gasteiger charge is -2.37. The van der Waals surface area contributed by atoms with Crippen LogP contribution in [0.5, 0.6) is 0 Å². The van der Waals surface area contributed by atoms with Gasteiger partial charge in [0, 0.05) is 18.4 Å². The summed E-state index contributed by atoms with van der Waals surface area (Å²) in [7, 11) is 0. The minimum absolute atomic E-state index is 0.109. The zero-order valence-corrected chi connectivity index (χ0v) is 9.35. The van der Waals surface area contributed by atoms with E-state index in [0.29, 0.717) is 12.2 Å². The number of ketones is 1. The van der Waals surface area contributed by atoms with Gasteiger partial charge in [-0.15, -0.1) is 0 Å². The minimum atomic E-state index is -0.109. The van der Waals surface area contributed by atoms with Crippen molar-refractivity contribution in [3.63, 3.8) is 0 Å². The molecule has 0 spiro atoms. The maximum absolute atomic E-state index is 11.5. The van der Waals surface area contributed by atoms with Gasteiger partial charge in [-0.1, -0.05) is 26.2 Å². The van der Waals surface area contributed by atoms with Gasteiger partial charge in [0.1, 0.15) is 5.78 Å². The largest absolute Gasteiger partial charge is 0.325 e. The molecule has 14 heavy (non-hydrogen) atoms.